The minimum Gasteiger partial charge on any atom is -0.347 e. The van der Waals surface area contributed by atoms with Gasteiger partial charge in [-0.25, -0.2) is 0 Å². The van der Waals surface area contributed by atoms with Gasteiger partial charge in [0.05, 0.1) is 19.3 Å². The molecule has 0 aromatic heterocycles. The van der Waals surface area contributed by atoms with Crippen LogP contribution in [-0.4, -0.2) is 67.4 Å². The van der Waals surface area contributed by atoms with Crippen molar-refractivity contribution in [1.29, 1.82) is 0 Å². The van der Waals surface area contributed by atoms with Crippen LogP contribution in [0.2, 0.25) is 0 Å². The molecule has 0 aromatic carbocycles. The molecule has 3 fully saturated rings. The summed E-state index contributed by atoms with van der Waals surface area (Å²) < 4.78 is 11.4. The van der Waals surface area contributed by atoms with Gasteiger partial charge in [0.1, 0.15) is 0 Å². The topological polar surface area (TPSA) is 42.0 Å². The number of likely N-dealkylation sites (tertiary alicyclic amines) is 2. The highest BCUT2D eigenvalue weighted by Gasteiger charge is 2.42. The summed E-state index contributed by atoms with van der Waals surface area (Å²) in [6, 6.07) is 0.101. The van der Waals surface area contributed by atoms with Gasteiger partial charge in [-0.05, 0) is 26.4 Å². The van der Waals surface area contributed by atoms with E-state index >= 15 is 0 Å². The molecule has 1 spiro atoms. The van der Waals surface area contributed by atoms with E-state index in [2.05, 4.69) is 4.90 Å². The number of nitrogens with zero attached hydrogens (tertiary/aromatic N) is 2. The summed E-state index contributed by atoms with van der Waals surface area (Å²) >= 11 is 0. The molecule has 0 aliphatic carbocycles. The van der Waals surface area contributed by atoms with Crippen molar-refractivity contribution in [3.05, 3.63) is 0 Å². The molecule has 102 valence electrons. The van der Waals surface area contributed by atoms with E-state index in [0.29, 0.717) is 19.1 Å². The van der Waals surface area contributed by atoms with Crippen LogP contribution >= 0.6 is 0 Å². The predicted octanol–water partition coefficient (Wildman–Crippen LogP) is 0.446. The van der Waals surface area contributed by atoms with E-state index in [1.54, 1.807) is 0 Å². The fraction of sp³-hybridized carbons (Fsp3) is 0.923. The molecule has 5 nitrogen and oxygen atoms in total. The highest BCUT2D eigenvalue weighted by Crippen LogP contribution is 2.32. The van der Waals surface area contributed by atoms with Gasteiger partial charge in [-0.1, -0.05) is 0 Å². The monoisotopic (exact) mass is 254 g/mol. The van der Waals surface area contributed by atoms with Crippen molar-refractivity contribution in [2.45, 2.75) is 37.5 Å². The Balaban J connectivity index is 1.57. The van der Waals surface area contributed by atoms with Crippen LogP contribution < -0.4 is 0 Å². The van der Waals surface area contributed by atoms with Crippen LogP contribution in [0, 0.1) is 0 Å². The molecule has 5 heteroatoms. The summed E-state index contributed by atoms with van der Waals surface area (Å²) in [5.74, 6) is -0.0823. The van der Waals surface area contributed by atoms with E-state index in [-0.39, 0.29) is 11.8 Å². The van der Waals surface area contributed by atoms with Crippen LogP contribution in [0.25, 0.3) is 0 Å². The highest BCUT2D eigenvalue weighted by atomic mass is 16.7. The van der Waals surface area contributed by atoms with Crippen molar-refractivity contribution in [3.8, 4) is 0 Å². The maximum Gasteiger partial charge on any atom is 0.239 e. The van der Waals surface area contributed by atoms with Gasteiger partial charge in [0.25, 0.3) is 0 Å². The van der Waals surface area contributed by atoms with Gasteiger partial charge in [-0.3, -0.25) is 9.69 Å². The molecule has 1 amide bonds. The Labute approximate surface area is 108 Å². The molecule has 1 atom stereocenters. The van der Waals surface area contributed by atoms with E-state index in [9.17, 15) is 4.79 Å². The molecule has 3 aliphatic heterocycles. The summed E-state index contributed by atoms with van der Waals surface area (Å²) in [6.45, 7) is 3.96. The second-order valence-corrected chi connectivity index (χ2v) is 5.57. The van der Waals surface area contributed by atoms with Crippen molar-refractivity contribution in [1.82, 2.24) is 9.80 Å². The quantitative estimate of drug-likeness (QED) is 0.681. The Bertz CT molecular complexity index is 318. The molecule has 3 saturated heterocycles. The number of ether oxygens (including phenoxy) is 2. The zero-order valence-electron chi connectivity index (χ0n) is 11.1. The molecular weight excluding hydrogens is 232 g/mol. The normalized spacial score (nSPS) is 32.3. The van der Waals surface area contributed by atoms with E-state index < -0.39 is 0 Å². The number of carbonyl (C=O) groups excluding carboxylic acids is 1. The van der Waals surface area contributed by atoms with E-state index in [0.717, 1.165) is 45.3 Å². The molecule has 0 aromatic rings. The van der Waals surface area contributed by atoms with Crippen LogP contribution in [0.15, 0.2) is 0 Å². The molecular formula is C13H22N2O3. The second kappa shape index (κ2) is 4.79. The van der Waals surface area contributed by atoms with Gasteiger partial charge in [-0.2, -0.15) is 0 Å². The molecule has 1 unspecified atom stereocenters. The first-order chi connectivity index (χ1) is 8.70. The van der Waals surface area contributed by atoms with E-state index in [1.807, 2.05) is 11.9 Å². The summed E-state index contributed by atoms with van der Waals surface area (Å²) in [7, 11) is 2.05. The van der Waals surface area contributed by atoms with Crippen molar-refractivity contribution in [2.24, 2.45) is 0 Å². The third-order valence-corrected chi connectivity index (χ3v) is 4.46. The number of likely N-dealkylation sites (N-methyl/N-ethyl adjacent to an activating group) is 1. The Morgan fingerprint density at radius 3 is 2.39 bits per heavy atom. The minimum atomic E-state index is -0.377. The van der Waals surface area contributed by atoms with Gasteiger partial charge >= 0.3 is 0 Å². The average Bonchev–Trinajstić information content (AvgIpc) is 2.99. The maximum atomic E-state index is 12.4. The first-order valence-electron chi connectivity index (χ1n) is 6.97. The smallest absolute Gasteiger partial charge is 0.239 e. The van der Waals surface area contributed by atoms with Gasteiger partial charge in [-0.15, -0.1) is 0 Å². The molecule has 3 heterocycles. The summed E-state index contributed by atoms with van der Waals surface area (Å²) in [5.41, 5.74) is 0. The number of hydrogen-bond donors (Lipinski definition) is 0. The van der Waals surface area contributed by atoms with E-state index in [1.165, 1.54) is 0 Å². The first kappa shape index (κ1) is 12.4. The Kier molecular flexibility index (Phi) is 3.30. The van der Waals surface area contributed by atoms with Crippen LogP contribution in [0.5, 0.6) is 0 Å². The summed E-state index contributed by atoms with van der Waals surface area (Å²) in [5, 5.41) is 0. The molecule has 3 aliphatic rings. The first-order valence-corrected chi connectivity index (χ1v) is 6.97. The lowest BCUT2D eigenvalue weighted by molar-refractivity contribution is -0.188. The predicted molar refractivity (Wildman–Crippen MR) is 66.1 cm³/mol. The van der Waals surface area contributed by atoms with Gasteiger partial charge in [0.2, 0.25) is 5.91 Å². The van der Waals surface area contributed by atoms with Crippen LogP contribution in [0.1, 0.15) is 25.7 Å². The molecule has 0 radical (unpaired) electrons. The van der Waals surface area contributed by atoms with E-state index in [4.69, 9.17) is 9.47 Å². The van der Waals surface area contributed by atoms with Crippen molar-refractivity contribution in [3.63, 3.8) is 0 Å². The van der Waals surface area contributed by atoms with Crippen LogP contribution in [0.4, 0.5) is 0 Å². The largest absolute Gasteiger partial charge is 0.347 e. The molecule has 18 heavy (non-hydrogen) atoms. The third-order valence-electron chi connectivity index (χ3n) is 4.46. The van der Waals surface area contributed by atoms with Crippen LogP contribution in [0.3, 0.4) is 0 Å². The van der Waals surface area contributed by atoms with Gasteiger partial charge in [0, 0.05) is 25.9 Å². The van der Waals surface area contributed by atoms with Crippen molar-refractivity contribution < 1.29 is 14.3 Å². The number of rotatable bonds is 1. The highest BCUT2D eigenvalue weighted by molar-refractivity contribution is 5.82. The average molecular weight is 254 g/mol. The number of amides is 1. The van der Waals surface area contributed by atoms with Gasteiger partial charge < -0.3 is 14.4 Å². The fourth-order valence-electron chi connectivity index (χ4n) is 3.29. The lowest BCUT2D eigenvalue weighted by atomic mass is 10.0. The standard InChI is InChI=1S/C13H22N2O3/c1-14-6-2-3-11(14)12(16)15-7-4-13(5-8-15)17-9-10-18-13/h11H,2-10H2,1H3. The maximum absolute atomic E-state index is 12.4. The number of carbonyl (C=O) groups is 1. The third kappa shape index (κ3) is 2.15. The summed E-state index contributed by atoms with van der Waals surface area (Å²) in [6.07, 6.45) is 3.77. The number of hydrogen-bond acceptors (Lipinski definition) is 4. The zero-order valence-corrected chi connectivity index (χ0v) is 11.1. The Morgan fingerprint density at radius 2 is 1.83 bits per heavy atom. The SMILES string of the molecule is CN1CCCC1C(=O)N1CCC2(CC1)OCCO2. The van der Waals surface area contributed by atoms with Crippen LogP contribution in [-0.2, 0) is 14.3 Å². The molecule has 0 N–H and O–H groups in total. The molecule has 0 bridgehead atoms. The summed E-state index contributed by atoms with van der Waals surface area (Å²) in [4.78, 5) is 16.6. The van der Waals surface area contributed by atoms with Crippen molar-refractivity contribution >= 4 is 5.91 Å². The lowest BCUT2D eigenvalue weighted by Gasteiger charge is -2.39. The molecule has 3 rings (SSSR count). The molecule has 0 saturated carbocycles. The Morgan fingerprint density at radius 1 is 1.17 bits per heavy atom. The van der Waals surface area contributed by atoms with Crippen molar-refractivity contribution in [2.75, 3.05) is 39.9 Å². The Hall–Kier alpha value is -0.650. The fourth-order valence-corrected chi connectivity index (χ4v) is 3.29. The minimum absolute atomic E-state index is 0.101. The second-order valence-electron chi connectivity index (χ2n) is 5.57. The zero-order chi connectivity index (χ0) is 12.6. The number of piperidine rings is 1. The lowest BCUT2D eigenvalue weighted by Crippen LogP contribution is -2.51. The van der Waals surface area contributed by atoms with Gasteiger partial charge in [0.15, 0.2) is 5.79 Å².